The Balaban J connectivity index is 2.04. The molecule has 0 aliphatic rings. The summed E-state index contributed by atoms with van der Waals surface area (Å²) >= 11 is 0. The molecule has 2 rings (SSSR count). The van der Waals surface area contributed by atoms with E-state index in [-0.39, 0.29) is 11.7 Å². The van der Waals surface area contributed by atoms with E-state index in [2.05, 4.69) is 15.5 Å². The summed E-state index contributed by atoms with van der Waals surface area (Å²) in [4.78, 5) is 11.6. The second kappa shape index (κ2) is 5.72. The van der Waals surface area contributed by atoms with Crippen LogP contribution in [0.25, 0.3) is 6.08 Å². The molecule has 0 spiro atoms. The van der Waals surface area contributed by atoms with Gasteiger partial charge in [-0.05, 0) is 23.8 Å². The zero-order valence-electron chi connectivity index (χ0n) is 10.3. The minimum absolute atomic E-state index is 0.0579. The summed E-state index contributed by atoms with van der Waals surface area (Å²) in [5, 5.41) is 18.4. The molecule has 98 valence electrons. The quantitative estimate of drug-likeness (QED) is 0.730. The maximum atomic E-state index is 11.6. The maximum absolute atomic E-state index is 11.6. The lowest BCUT2D eigenvalue weighted by atomic mass is 10.2. The number of ether oxygens (including phenoxy) is 1. The first kappa shape index (κ1) is 12.7. The molecule has 1 amide bonds. The molecule has 0 radical (unpaired) electrons. The number of carbonyl (C=O) groups is 1. The fraction of sp³-hybridized carbons (Fsp3) is 0.0769. The standard InChI is InChI=1S/C13H13N3O3/c1-19-12-6-9(2-4-11(12)17)3-5-13(18)16-10-7-14-15-8-10/h2-8,17H,1H3,(H,14,15)(H,16,18)/b5-3+. The number of H-pyrrole nitrogens is 1. The van der Waals surface area contributed by atoms with Gasteiger partial charge in [-0.25, -0.2) is 0 Å². The fourth-order valence-corrected chi connectivity index (χ4v) is 1.47. The number of hydrogen-bond acceptors (Lipinski definition) is 4. The lowest BCUT2D eigenvalue weighted by Crippen LogP contribution is -2.06. The first-order valence-electron chi connectivity index (χ1n) is 5.54. The Bertz CT molecular complexity index is 591. The third-order valence-corrected chi connectivity index (χ3v) is 2.40. The minimum atomic E-state index is -0.270. The van der Waals surface area contributed by atoms with Gasteiger partial charge in [-0.15, -0.1) is 0 Å². The highest BCUT2D eigenvalue weighted by Crippen LogP contribution is 2.26. The van der Waals surface area contributed by atoms with Gasteiger partial charge < -0.3 is 15.2 Å². The van der Waals surface area contributed by atoms with Crippen LogP contribution in [0, 0.1) is 0 Å². The van der Waals surface area contributed by atoms with Gasteiger partial charge in [0.1, 0.15) is 0 Å². The highest BCUT2D eigenvalue weighted by Gasteiger charge is 2.02. The number of phenols is 1. The van der Waals surface area contributed by atoms with Crippen LogP contribution >= 0.6 is 0 Å². The number of rotatable bonds is 4. The predicted molar refractivity (Wildman–Crippen MR) is 70.9 cm³/mol. The summed E-state index contributed by atoms with van der Waals surface area (Å²) in [6, 6.07) is 4.82. The molecule has 0 atom stereocenters. The summed E-state index contributed by atoms with van der Waals surface area (Å²) in [5.74, 6) is 0.147. The average Bonchev–Trinajstić information content (AvgIpc) is 2.90. The van der Waals surface area contributed by atoms with Crippen LogP contribution in [0.2, 0.25) is 0 Å². The Morgan fingerprint density at radius 1 is 1.53 bits per heavy atom. The van der Waals surface area contributed by atoms with Crippen LogP contribution in [0.1, 0.15) is 5.56 Å². The molecule has 0 saturated heterocycles. The van der Waals surface area contributed by atoms with Crippen molar-refractivity contribution in [2.45, 2.75) is 0 Å². The van der Waals surface area contributed by atoms with E-state index in [1.807, 2.05) is 0 Å². The van der Waals surface area contributed by atoms with E-state index in [9.17, 15) is 9.90 Å². The molecular formula is C13H13N3O3. The molecule has 0 aliphatic carbocycles. The van der Waals surface area contributed by atoms with Crippen molar-refractivity contribution in [3.8, 4) is 11.5 Å². The van der Waals surface area contributed by atoms with Crippen LogP contribution in [0.4, 0.5) is 5.69 Å². The first-order chi connectivity index (χ1) is 9.19. The molecule has 6 heteroatoms. The SMILES string of the molecule is COc1cc(/C=C/C(=O)Nc2cn[nH]c2)ccc1O. The van der Waals surface area contributed by atoms with Crippen LogP contribution in [-0.4, -0.2) is 28.3 Å². The van der Waals surface area contributed by atoms with Crippen LogP contribution in [-0.2, 0) is 4.79 Å². The summed E-state index contributed by atoms with van der Waals surface area (Å²) in [5.41, 5.74) is 1.34. The zero-order chi connectivity index (χ0) is 13.7. The van der Waals surface area contributed by atoms with Gasteiger partial charge >= 0.3 is 0 Å². The van der Waals surface area contributed by atoms with E-state index in [1.54, 1.807) is 24.4 Å². The Morgan fingerprint density at radius 3 is 3.05 bits per heavy atom. The van der Waals surface area contributed by atoms with E-state index in [4.69, 9.17) is 4.74 Å². The number of phenolic OH excluding ortho intramolecular Hbond substituents is 1. The van der Waals surface area contributed by atoms with Crippen LogP contribution in [0.5, 0.6) is 11.5 Å². The molecule has 0 unspecified atom stereocenters. The number of benzene rings is 1. The molecule has 0 saturated carbocycles. The molecule has 0 aliphatic heterocycles. The van der Waals surface area contributed by atoms with Crippen molar-refractivity contribution in [1.82, 2.24) is 10.2 Å². The summed E-state index contributed by atoms with van der Waals surface area (Å²) < 4.78 is 4.98. The summed E-state index contributed by atoms with van der Waals surface area (Å²) in [7, 11) is 1.47. The van der Waals surface area contributed by atoms with Crippen molar-refractivity contribution in [3.05, 3.63) is 42.2 Å². The monoisotopic (exact) mass is 259 g/mol. The largest absolute Gasteiger partial charge is 0.504 e. The van der Waals surface area contributed by atoms with Crippen LogP contribution in [0.15, 0.2) is 36.7 Å². The first-order valence-corrected chi connectivity index (χ1v) is 5.54. The highest BCUT2D eigenvalue weighted by atomic mass is 16.5. The Kier molecular flexibility index (Phi) is 3.82. The van der Waals surface area contributed by atoms with Crippen LogP contribution < -0.4 is 10.1 Å². The topological polar surface area (TPSA) is 87.2 Å². The Morgan fingerprint density at radius 2 is 2.37 bits per heavy atom. The smallest absolute Gasteiger partial charge is 0.248 e. The lowest BCUT2D eigenvalue weighted by molar-refractivity contribution is -0.111. The maximum Gasteiger partial charge on any atom is 0.248 e. The van der Waals surface area contributed by atoms with Crippen molar-refractivity contribution in [2.24, 2.45) is 0 Å². The van der Waals surface area contributed by atoms with Gasteiger partial charge in [0.2, 0.25) is 5.91 Å². The van der Waals surface area contributed by atoms with Gasteiger partial charge in [-0.2, -0.15) is 5.10 Å². The Labute approximate surface area is 109 Å². The van der Waals surface area contributed by atoms with Gasteiger partial charge in [0.05, 0.1) is 19.0 Å². The molecule has 1 aromatic carbocycles. The van der Waals surface area contributed by atoms with Crippen molar-refractivity contribution >= 4 is 17.7 Å². The van der Waals surface area contributed by atoms with Gasteiger partial charge in [0.15, 0.2) is 11.5 Å². The van der Waals surface area contributed by atoms with Gasteiger partial charge in [0, 0.05) is 12.3 Å². The molecule has 1 heterocycles. The average molecular weight is 259 g/mol. The fourth-order valence-electron chi connectivity index (χ4n) is 1.47. The van der Waals surface area contributed by atoms with E-state index in [0.29, 0.717) is 11.4 Å². The normalized spacial score (nSPS) is 10.6. The van der Waals surface area contributed by atoms with Gasteiger partial charge in [-0.3, -0.25) is 9.89 Å². The zero-order valence-corrected chi connectivity index (χ0v) is 10.3. The molecule has 2 aromatic rings. The number of nitrogens with one attached hydrogen (secondary N) is 2. The van der Waals surface area contributed by atoms with Crippen molar-refractivity contribution in [2.75, 3.05) is 12.4 Å². The third-order valence-electron chi connectivity index (χ3n) is 2.40. The molecule has 3 N–H and O–H groups in total. The van der Waals surface area contributed by atoms with Gasteiger partial charge in [0.25, 0.3) is 0 Å². The van der Waals surface area contributed by atoms with Crippen LogP contribution in [0.3, 0.4) is 0 Å². The second-order valence-corrected chi connectivity index (χ2v) is 3.74. The summed E-state index contributed by atoms with van der Waals surface area (Å²) in [6.45, 7) is 0. The number of aromatic hydroxyl groups is 1. The van der Waals surface area contributed by atoms with Crippen molar-refractivity contribution < 1.29 is 14.6 Å². The molecular weight excluding hydrogens is 246 g/mol. The van der Waals surface area contributed by atoms with E-state index < -0.39 is 0 Å². The highest BCUT2D eigenvalue weighted by molar-refractivity contribution is 6.01. The number of methoxy groups -OCH3 is 1. The van der Waals surface area contributed by atoms with Crippen molar-refractivity contribution in [3.63, 3.8) is 0 Å². The van der Waals surface area contributed by atoms with Gasteiger partial charge in [-0.1, -0.05) is 6.07 Å². The number of amides is 1. The number of carbonyl (C=O) groups excluding carboxylic acids is 1. The van der Waals surface area contributed by atoms with E-state index >= 15 is 0 Å². The second-order valence-electron chi connectivity index (χ2n) is 3.74. The molecule has 1 aromatic heterocycles. The predicted octanol–water partition coefficient (Wildman–Crippen LogP) is 1.78. The number of aromatic amines is 1. The number of aromatic nitrogens is 2. The molecule has 6 nitrogen and oxygen atoms in total. The van der Waals surface area contributed by atoms with E-state index in [1.165, 1.54) is 25.4 Å². The number of nitrogens with zero attached hydrogens (tertiary/aromatic N) is 1. The number of hydrogen-bond donors (Lipinski definition) is 3. The summed E-state index contributed by atoms with van der Waals surface area (Å²) in [6.07, 6.45) is 6.10. The lowest BCUT2D eigenvalue weighted by Gasteiger charge is -2.03. The number of anilines is 1. The third kappa shape index (κ3) is 3.35. The van der Waals surface area contributed by atoms with Crippen molar-refractivity contribution in [1.29, 1.82) is 0 Å². The minimum Gasteiger partial charge on any atom is -0.504 e. The molecule has 0 fully saturated rings. The Hall–Kier alpha value is -2.76. The molecule has 19 heavy (non-hydrogen) atoms. The molecule has 0 bridgehead atoms. The van der Waals surface area contributed by atoms with E-state index in [0.717, 1.165) is 5.56 Å².